The first kappa shape index (κ1) is 18.4. The van der Waals surface area contributed by atoms with Crippen LogP contribution in [0.5, 0.6) is 0 Å². The Bertz CT molecular complexity index is 921. The summed E-state index contributed by atoms with van der Waals surface area (Å²) in [5.41, 5.74) is 3.00. The van der Waals surface area contributed by atoms with Crippen molar-refractivity contribution in [2.45, 2.75) is 26.2 Å². The van der Waals surface area contributed by atoms with Crippen molar-refractivity contribution in [2.75, 3.05) is 23.3 Å². The molecule has 144 valence electrons. The van der Waals surface area contributed by atoms with E-state index in [1.54, 1.807) is 6.07 Å². The molecule has 0 spiro atoms. The lowest BCUT2D eigenvalue weighted by molar-refractivity contribution is 0.400. The van der Waals surface area contributed by atoms with Gasteiger partial charge in [0, 0.05) is 30.5 Å². The second-order valence-corrected chi connectivity index (χ2v) is 7.45. The molecule has 1 aliphatic rings. The number of hydrogen-bond acceptors (Lipinski definition) is 4. The van der Waals surface area contributed by atoms with Gasteiger partial charge >= 0.3 is 0 Å². The van der Waals surface area contributed by atoms with Gasteiger partial charge in [0.05, 0.1) is 0 Å². The monoisotopic (exact) mass is 376 g/mol. The van der Waals surface area contributed by atoms with Crippen LogP contribution >= 0.6 is 0 Å². The third-order valence-corrected chi connectivity index (χ3v) is 5.20. The molecule has 2 heterocycles. The van der Waals surface area contributed by atoms with Gasteiger partial charge in [-0.25, -0.2) is 9.37 Å². The largest absolute Gasteiger partial charge is 0.341 e. The van der Waals surface area contributed by atoms with Crippen LogP contribution in [0.25, 0.3) is 0 Å². The first-order chi connectivity index (χ1) is 13.7. The zero-order chi connectivity index (χ0) is 19.3. The van der Waals surface area contributed by atoms with E-state index in [9.17, 15) is 4.39 Å². The molecule has 4 rings (SSSR count). The molecular formula is C23H25FN4. The highest BCUT2D eigenvalue weighted by Gasteiger charge is 2.21. The Hall–Kier alpha value is -2.95. The van der Waals surface area contributed by atoms with Crippen LogP contribution in [0, 0.1) is 18.7 Å². The van der Waals surface area contributed by atoms with Crippen molar-refractivity contribution >= 4 is 17.5 Å². The van der Waals surface area contributed by atoms with Crippen LogP contribution in [-0.2, 0) is 6.42 Å². The number of benzene rings is 2. The molecule has 1 aliphatic heterocycles. The van der Waals surface area contributed by atoms with E-state index in [0.29, 0.717) is 17.4 Å². The summed E-state index contributed by atoms with van der Waals surface area (Å²) < 4.78 is 13.4. The minimum atomic E-state index is -0.267. The summed E-state index contributed by atoms with van der Waals surface area (Å²) in [6.45, 7) is 3.88. The number of nitrogens with one attached hydrogen (secondary N) is 1. The first-order valence-electron chi connectivity index (χ1n) is 9.83. The Balaban J connectivity index is 1.41. The molecule has 1 N–H and O–H groups in total. The topological polar surface area (TPSA) is 41.1 Å². The van der Waals surface area contributed by atoms with Gasteiger partial charge in [0.25, 0.3) is 0 Å². The standard InChI is InChI=1S/C23H25FN4/c1-17-14-22(26-21-9-5-8-20(24)16-21)27-23(25-17)28-12-10-19(11-13-28)15-18-6-3-2-4-7-18/h2-9,14,16,19H,10-13,15H2,1H3,(H,25,26,27). The minimum Gasteiger partial charge on any atom is -0.341 e. The Labute approximate surface area is 165 Å². The third-order valence-electron chi connectivity index (χ3n) is 5.20. The molecule has 0 unspecified atom stereocenters. The molecule has 0 saturated carbocycles. The fraction of sp³-hybridized carbons (Fsp3) is 0.304. The first-order valence-corrected chi connectivity index (χ1v) is 9.83. The second kappa shape index (κ2) is 8.38. The Morgan fingerprint density at radius 2 is 1.79 bits per heavy atom. The lowest BCUT2D eigenvalue weighted by atomic mass is 9.90. The fourth-order valence-electron chi connectivity index (χ4n) is 3.76. The van der Waals surface area contributed by atoms with Crippen LogP contribution in [0.2, 0.25) is 0 Å². The van der Waals surface area contributed by atoms with Gasteiger partial charge in [-0.05, 0) is 55.9 Å². The Morgan fingerprint density at radius 1 is 1.00 bits per heavy atom. The van der Waals surface area contributed by atoms with Crippen LogP contribution in [0.3, 0.4) is 0 Å². The van der Waals surface area contributed by atoms with Crippen molar-refractivity contribution in [3.8, 4) is 0 Å². The summed E-state index contributed by atoms with van der Waals surface area (Å²) >= 11 is 0. The number of aryl methyl sites for hydroxylation is 1. The van der Waals surface area contributed by atoms with E-state index >= 15 is 0 Å². The van der Waals surface area contributed by atoms with E-state index in [4.69, 9.17) is 0 Å². The highest BCUT2D eigenvalue weighted by atomic mass is 19.1. The van der Waals surface area contributed by atoms with Crippen molar-refractivity contribution in [3.63, 3.8) is 0 Å². The van der Waals surface area contributed by atoms with E-state index in [0.717, 1.165) is 44.0 Å². The minimum absolute atomic E-state index is 0.267. The number of hydrogen-bond donors (Lipinski definition) is 1. The van der Waals surface area contributed by atoms with Crippen molar-refractivity contribution < 1.29 is 4.39 Å². The second-order valence-electron chi connectivity index (χ2n) is 7.45. The number of halogens is 1. The van der Waals surface area contributed by atoms with E-state index in [1.165, 1.54) is 17.7 Å². The molecule has 0 atom stereocenters. The summed E-state index contributed by atoms with van der Waals surface area (Å²) in [6.07, 6.45) is 3.41. The zero-order valence-corrected chi connectivity index (χ0v) is 16.1. The van der Waals surface area contributed by atoms with Crippen molar-refractivity contribution in [3.05, 3.63) is 77.7 Å². The predicted octanol–water partition coefficient (Wildman–Crippen LogP) is 5.13. The van der Waals surface area contributed by atoms with Gasteiger partial charge in [0.15, 0.2) is 0 Å². The van der Waals surface area contributed by atoms with Crippen molar-refractivity contribution in [2.24, 2.45) is 5.92 Å². The maximum Gasteiger partial charge on any atom is 0.227 e. The van der Waals surface area contributed by atoms with Gasteiger partial charge in [-0.15, -0.1) is 0 Å². The van der Waals surface area contributed by atoms with Gasteiger partial charge in [-0.1, -0.05) is 36.4 Å². The molecule has 5 heteroatoms. The zero-order valence-electron chi connectivity index (χ0n) is 16.1. The van der Waals surface area contributed by atoms with Gasteiger partial charge in [-0.2, -0.15) is 4.98 Å². The molecule has 28 heavy (non-hydrogen) atoms. The summed E-state index contributed by atoms with van der Waals surface area (Å²) in [7, 11) is 0. The van der Waals surface area contributed by atoms with Gasteiger partial charge in [-0.3, -0.25) is 0 Å². The number of piperidine rings is 1. The highest BCUT2D eigenvalue weighted by molar-refractivity contribution is 5.57. The summed E-state index contributed by atoms with van der Waals surface area (Å²) in [5, 5.41) is 3.19. The van der Waals surface area contributed by atoms with E-state index in [2.05, 4.69) is 50.5 Å². The summed E-state index contributed by atoms with van der Waals surface area (Å²) in [5.74, 6) is 1.88. The molecule has 1 saturated heterocycles. The lowest BCUT2D eigenvalue weighted by Crippen LogP contribution is -2.35. The smallest absolute Gasteiger partial charge is 0.227 e. The van der Waals surface area contributed by atoms with Crippen molar-refractivity contribution in [1.82, 2.24) is 9.97 Å². The molecule has 0 bridgehead atoms. The van der Waals surface area contributed by atoms with Crippen LogP contribution in [0.4, 0.5) is 21.8 Å². The summed E-state index contributed by atoms with van der Waals surface area (Å²) in [6, 6.07) is 19.0. The Morgan fingerprint density at radius 3 is 2.54 bits per heavy atom. The average Bonchev–Trinajstić information content (AvgIpc) is 2.69. The van der Waals surface area contributed by atoms with Crippen LogP contribution < -0.4 is 10.2 Å². The highest BCUT2D eigenvalue weighted by Crippen LogP contribution is 2.25. The van der Waals surface area contributed by atoms with Crippen LogP contribution in [0.1, 0.15) is 24.1 Å². The van der Waals surface area contributed by atoms with Crippen molar-refractivity contribution in [1.29, 1.82) is 0 Å². The summed E-state index contributed by atoms with van der Waals surface area (Å²) in [4.78, 5) is 11.6. The SMILES string of the molecule is Cc1cc(Nc2cccc(F)c2)nc(N2CCC(Cc3ccccc3)CC2)n1. The van der Waals surface area contributed by atoms with Gasteiger partial charge in [0.1, 0.15) is 11.6 Å². The number of nitrogens with zero attached hydrogens (tertiary/aromatic N) is 3. The number of aromatic nitrogens is 2. The van der Waals surface area contributed by atoms with Crippen LogP contribution in [-0.4, -0.2) is 23.1 Å². The molecule has 4 nitrogen and oxygen atoms in total. The van der Waals surface area contributed by atoms with E-state index < -0.39 is 0 Å². The quantitative estimate of drug-likeness (QED) is 0.670. The fourth-order valence-corrected chi connectivity index (χ4v) is 3.76. The Kier molecular flexibility index (Phi) is 5.51. The van der Waals surface area contributed by atoms with E-state index in [-0.39, 0.29) is 5.82 Å². The molecule has 0 amide bonds. The lowest BCUT2D eigenvalue weighted by Gasteiger charge is -2.32. The molecule has 0 aliphatic carbocycles. The van der Waals surface area contributed by atoms with E-state index in [1.807, 2.05) is 19.1 Å². The number of rotatable bonds is 5. The maximum atomic E-state index is 13.4. The molecule has 3 aromatic rings. The predicted molar refractivity (Wildman–Crippen MR) is 112 cm³/mol. The molecule has 2 aromatic carbocycles. The van der Waals surface area contributed by atoms with Crippen LogP contribution in [0.15, 0.2) is 60.7 Å². The van der Waals surface area contributed by atoms with Gasteiger partial charge < -0.3 is 10.2 Å². The molecule has 0 radical (unpaired) electrons. The molecule has 1 fully saturated rings. The number of anilines is 3. The third kappa shape index (κ3) is 4.66. The molecular weight excluding hydrogens is 351 g/mol. The molecule has 1 aromatic heterocycles. The normalized spacial score (nSPS) is 14.9. The average molecular weight is 376 g/mol. The maximum absolute atomic E-state index is 13.4. The van der Waals surface area contributed by atoms with Gasteiger partial charge in [0.2, 0.25) is 5.95 Å².